The van der Waals surface area contributed by atoms with Crippen LogP contribution in [-0.2, 0) is 0 Å². The molecule has 152 valence electrons. The molecule has 1 aliphatic heterocycles. The number of benzene rings is 1. The number of pyridine rings is 1. The second-order valence-corrected chi connectivity index (χ2v) is 7.57. The van der Waals surface area contributed by atoms with Crippen molar-refractivity contribution in [2.75, 3.05) is 38.2 Å². The van der Waals surface area contributed by atoms with Gasteiger partial charge in [-0.15, -0.1) is 0 Å². The Kier molecular flexibility index (Phi) is 5.13. The van der Waals surface area contributed by atoms with Crippen LogP contribution in [0.4, 0.5) is 10.2 Å². The third-order valence-electron chi connectivity index (χ3n) is 5.47. The molecule has 0 aliphatic carbocycles. The summed E-state index contributed by atoms with van der Waals surface area (Å²) in [5.41, 5.74) is 1.86. The normalized spacial score (nSPS) is 14.7. The van der Waals surface area contributed by atoms with E-state index in [2.05, 4.69) is 28.7 Å². The second-order valence-electron chi connectivity index (χ2n) is 7.57. The van der Waals surface area contributed by atoms with E-state index in [-0.39, 0.29) is 17.6 Å². The van der Waals surface area contributed by atoms with Crippen LogP contribution in [0.1, 0.15) is 35.8 Å². The van der Waals surface area contributed by atoms with E-state index in [1.165, 1.54) is 6.07 Å². The zero-order valence-corrected chi connectivity index (χ0v) is 16.9. The summed E-state index contributed by atoms with van der Waals surface area (Å²) in [4.78, 5) is 24.4. The Morgan fingerprint density at radius 1 is 1.21 bits per heavy atom. The number of carbonyl (C=O) groups excluding carboxylic acids is 1. The fourth-order valence-electron chi connectivity index (χ4n) is 3.90. The molecule has 0 atom stereocenters. The summed E-state index contributed by atoms with van der Waals surface area (Å²) in [5.74, 6) is 1.31. The van der Waals surface area contributed by atoms with Crippen LogP contribution >= 0.6 is 0 Å². The molecule has 0 unspecified atom stereocenters. The van der Waals surface area contributed by atoms with Gasteiger partial charge >= 0.3 is 0 Å². The Morgan fingerprint density at radius 3 is 2.66 bits per heavy atom. The van der Waals surface area contributed by atoms with Crippen molar-refractivity contribution in [2.24, 2.45) is 0 Å². The van der Waals surface area contributed by atoms with Crippen molar-refractivity contribution >= 4 is 22.6 Å². The first-order valence-electron chi connectivity index (χ1n) is 9.84. The molecule has 1 amide bonds. The SMILES string of the molecule is COc1cccnc1N1CCN(C(=O)c2cc3c(C(C)C)ccc(F)c3[nH]2)CC1. The molecule has 1 aliphatic rings. The minimum atomic E-state index is -0.337. The number of hydrogen-bond acceptors (Lipinski definition) is 4. The van der Waals surface area contributed by atoms with Crippen molar-refractivity contribution in [2.45, 2.75) is 19.8 Å². The molecule has 29 heavy (non-hydrogen) atoms. The summed E-state index contributed by atoms with van der Waals surface area (Å²) in [6.45, 7) is 6.56. The highest BCUT2D eigenvalue weighted by molar-refractivity contribution is 5.99. The molecule has 0 bridgehead atoms. The lowest BCUT2D eigenvalue weighted by Gasteiger charge is -2.35. The number of nitrogens with one attached hydrogen (secondary N) is 1. The molecule has 0 radical (unpaired) electrons. The number of aromatic amines is 1. The summed E-state index contributed by atoms with van der Waals surface area (Å²) in [7, 11) is 1.63. The van der Waals surface area contributed by atoms with Gasteiger partial charge in [-0.05, 0) is 35.7 Å². The number of hydrogen-bond donors (Lipinski definition) is 1. The number of rotatable bonds is 4. The predicted molar refractivity (Wildman–Crippen MR) is 111 cm³/mol. The quantitative estimate of drug-likeness (QED) is 0.729. The van der Waals surface area contributed by atoms with Crippen molar-refractivity contribution in [1.82, 2.24) is 14.9 Å². The second kappa shape index (κ2) is 7.73. The number of anilines is 1. The Balaban J connectivity index is 1.53. The fraction of sp³-hybridized carbons (Fsp3) is 0.364. The van der Waals surface area contributed by atoms with Crippen molar-refractivity contribution in [1.29, 1.82) is 0 Å². The Labute approximate surface area is 169 Å². The maximum Gasteiger partial charge on any atom is 0.270 e. The molecule has 4 rings (SSSR count). The van der Waals surface area contributed by atoms with Crippen LogP contribution in [-0.4, -0.2) is 54.1 Å². The molecule has 0 spiro atoms. The average molecular weight is 396 g/mol. The van der Waals surface area contributed by atoms with Crippen LogP contribution in [0.15, 0.2) is 36.5 Å². The van der Waals surface area contributed by atoms with E-state index in [4.69, 9.17) is 4.74 Å². The maximum absolute atomic E-state index is 14.3. The molecule has 1 N–H and O–H groups in total. The Morgan fingerprint density at radius 2 is 1.97 bits per heavy atom. The molecule has 1 saturated heterocycles. The van der Waals surface area contributed by atoms with Crippen LogP contribution in [0.25, 0.3) is 10.9 Å². The van der Waals surface area contributed by atoms with Gasteiger partial charge in [0.15, 0.2) is 11.6 Å². The molecule has 0 saturated carbocycles. The highest BCUT2D eigenvalue weighted by Gasteiger charge is 2.26. The van der Waals surface area contributed by atoms with Crippen molar-refractivity contribution < 1.29 is 13.9 Å². The van der Waals surface area contributed by atoms with E-state index in [0.29, 0.717) is 37.4 Å². The number of aromatic nitrogens is 2. The van der Waals surface area contributed by atoms with Gasteiger partial charge in [-0.1, -0.05) is 19.9 Å². The first kappa shape index (κ1) is 19.2. The van der Waals surface area contributed by atoms with E-state index in [0.717, 1.165) is 22.5 Å². The van der Waals surface area contributed by atoms with Crippen molar-refractivity contribution in [3.63, 3.8) is 0 Å². The Hall–Kier alpha value is -3.09. The lowest BCUT2D eigenvalue weighted by molar-refractivity contribution is 0.0741. The first-order valence-corrected chi connectivity index (χ1v) is 9.84. The topological polar surface area (TPSA) is 61.5 Å². The van der Waals surface area contributed by atoms with Crippen molar-refractivity contribution in [3.05, 3.63) is 53.6 Å². The van der Waals surface area contributed by atoms with E-state index >= 15 is 0 Å². The standard InChI is InChI=1S/C22H25FN4O2/c1-14(2)15-6-7-17(23)20-16(15)13-18(25-20)22(28)27-11-9-26(10-12-27)21-19(29-3)5-4-8-24-21/h4-8,13-14,25H,9-12H2,1-3H3. The maximum atomic E-state index is 14.3. The summed E-state index contributed by atoms with van der Waals surface area (Å²) in [6.07, 6.45) is 1.74. The number of ether oxygens (including phenoxy) is 1. The molecule has 3 heterocycles. The summed E-state index contributed by atoms with van der Waals surface area (Å²) >= 11 is 0. The molecular weight excluding hydrogens is 371 g/mol. The van der Waals surface area contributed by atoms with Crippen molar-refractivity contribution in [3.8, 4) is 5.75 Å². The summed E-state index contributed by atoms with van der Waals surface area (Å²) in [5, 5.41) is 0.778. The number of carbonyl (C=O) groups is 1. The van der Waals surface area contributed by atoms with Gasteiger partial charge in [-0.3, -0.25) is 4.79 Å². The van der Waals surface area contributed by atoms with Crippen LogP contribution < -0.4 is 9.64 Å². The highest BCUT2D eigenvalue weighted by atomic mass is 19.1. The monoisotopic (exact) mass is 396 g/mol. The lowest BCUT2D eigenvalue weighted by atomic mass is 9.99. The minimum Gasteiger partial charge on any atom is -0.493 e. The minimum absolute atomic E-state index is 0.108. The smallest absolute Gasteiger partial charge is 0.270 e. The van der Waals surface area contributed by atoms with Gasteiger partial charge in [0.1, 0.15) is 11.5 Å². The number of H-pyrrole nitrogens is 1. The molecular formula is C22H25FN4O2. The molecule has 2 aromatic heterocycles. The van der Waals surface area contributed by atoms with Gasteiger partial charge in [0.25, 0.3) is 5.91 Å². The number of methoxy groups -OCH3 is 1. The van der Waals surface area contributed by atoms with E-state index < -0.39 is 0 Å². The third kappa shape index (κ3) is 3.52. The fourth-order valence-corrected chi connectivity index (χ4v) is 3.90. The number of fused-ring (bicyclic) bond motifs is 1. The van der Waals surface area contributed by atoms with Crippen LogP contribution in [0.2, 0.25) is 0 Å². The summed E-state index contributed by atoms with van der Waals surface area (Å²) in [6, 6.07) is 8.75. The lowest BCUT2D eigenvalue weighted by Crippen LogP contribution is -2.49. The average Bonchev–Trinajstić information content (AvgIpc) is 3.19. The number of amides is 1. The van der Waals surface area contributed by atoms with Gasteiger partial charge in [0.05, 0.1) is 12.6 Å². The van der Waals surface area contributed by atoms with Gasteiger partial charge < -0.3 is 19.5 Å². The number of halogens is 1. The van der Waals surface area contributed by atoms with E-state index in [1.54, 1.807) is 30.3 Å². The summed E-state index contributed by atoms with van der Waals surface area (Å²) < 4.78 is 19.7. The van der Waals surface area contributed by atoms with E-state index in [9.17, 15) is 9.18 Å². The van der Waals surface area contributed by atoms with Gasteiger partial charge in [0.2, 0.25) is 0 Å². The number of nitrogens with zero attached hydrogens (tertiary/aromatic N) is 3. The zero-order valence-electron chi connectivity index (χ0n) is 16.9. The van der Waals surface area contributed by atoms with Crippen LogP contribution in [0.5, 0.6) is 5.75 Å². The van der Waals surface area contributed by atoms with Gasteiger partial charge in [-0.2, -0.15) is 0 Å². The Bertz CT molecular complexity index is 1040. The van der Waals surface area contributed by atoms with Crippen LogP contribution in [0, 0.1) is 5.82 Å². The largest absolute Gasteiger partial charge is 0.493 e. The van der Waals surface area contributed by atoms with Gasteiger partial charge in [-0.25, -0.2) is 9.37 Å². The molecule has 1 aromatic carbocycles. The molecule has 3 aromatic rings. The van der Waals surface area contributed by atoms with Gasteiger partial charge in [0, 0.05) is 37.8 Å². The molecule has 1 fully saturated rings. The van der Waals surface area contributed by atoms with Crippen LogP contribution in [0.3, 0.4) is 0 Å². The predicted octanol–water partition coefficient (Wildman–Crippen LogP) is 3.80. The highest BCUT2D eigenvalue weighted by Crippen LogP contribution is 2.29. The van der Waals surface area contributed by atoms with E-state index in [1.807, 2.05) is 12.1 Å². The molecule has 6 nitrogen and oxygen atoms in total. The number of piperazine rings is 1. The third-order valence-corrected chi connectivity index (χ3v) is 5.47. The first-order chi connectivity index (χ1) is 14.0. The zero-order chi connectivity index (χ0) is 20.5. The molecule has 7 heteroatoms.